The summed E-state index contributed by atoms with van der Waals surface area (Å²) in [5, 5.41) is 3.44. The van der Waals surface area contributed by atoms with Crippen LogP contribution in [-0.2, 0) is 19.9 Å². The molecule has 1 N–H and O–H groups in total. The van der Waals surface area contributed by atoms with Gasteiger partial charge in [-0.05, 0) is 43.8 Å². The van der Waals surface area contributed by atoms with Crippen LogP contribution >= 0.6 is 0 Å². The lowest BCUT2D eigenvalue weighted by Crippen LogP contribution is -2.27. The molecule has 0 saturated carbocycles. The van der Waals surface area contributed by atoms with E-state index in [1.807, 2.05) is 24.0 Å². The first-order valence-corrected chi connectivity index (χ1v) is 7.30. The fraction of sp³-hybridized carbons (Fsp3) is 0.533. The van der Waals surface area contributed by atoms with Crippen LogP contribution < -0.4 is 5.32 Å². The summed E-state index contributed by atoms with van der Waals surface area (Å²) in [5.74, 6) is 1.50. The molecule has 1 aliphatic rings. The first-order chi connectivity index (χ1) is 9.78. The molecule has 0 aliphatic heterocycles. The Kier molecular flexibility index (Phi) is 3.78. The SMILES string of the molecule is CCNCC1CCc2nc(-c3cncn3C)ncc2C1. The van der Waals surface area contributed by atoms with Crippen LogP contribution in [0.15, 0.2) is 18.7 Å². The summed E-state index contributed by atoms with van der Waals surface area (Å²) >= 11 is 0. The van der Waals surface area contributed by atoms with Crippen molar-refractivity contribution >= 4 is 0 Å². The topological polar surface area (TPSA) is 55.6 Å². The van der Waals surface area contributed by atoms with Crippen LogP contribution in [0, 0.1) is 5.92 Å². The highest BCUT2D eigenvalue weighted by molar-refractivity contribution is 5.49. The lowest BCUT2D eigenvalue weighted by Gasteiger charge is -2.24. The molecule has 2 aromatic heterocycles. The molecule has 0 fully saturated rings. The molecule has 5 nitrogen and oxygen atoms in total. The lowest BCUT2D eigenvalue weighted by atomic mass is 9.87. The van der Waals surface area contributed by atoms with Gasteiger partial charge in [-0.15, -0.1) is 0 Å². The van der Waals surface area contributed by atoms with Gasteiger partial charge >= 0.3 is 0 Å². The second-order valence-corrected chi connectivity index (χ2v) is 5.47. The minimum absolute atomic E-state index is 0.716. The van der Waals surface area contributed by atoms with Gasteiger partial charge in [-0.2, -0.15) is 0 Å². The van der Waals surface area contributed by atoms with E-state index in [-0.39, 0.29) is 0 Å². The molecule has 2 heterocycles. The lowest BCUT2D eigenvalue weighted by molar-refractivity contribution is 0.424. The summed E-state index contributed by atoms with van der Waals surface area (Å²) < 4.78 is 1.96. The normalized spacial score (nSPS) is 18.0. The minimum atomic E-state index is 0.716. The van der Waals surface area contributed by atoms with Crippen molar-refractivity contribution in [3.8, 4) is 11.5 Å². The first kappa shape index (κ1) is 13.2. The molecule has 0 aromatic carbocycles. The summed E-state index contributed by atoms with van der Waals surface area (Å²) in [4.78, 5) is 13.4. The van der Waals surface area contributed by atoms with Gasteiger partial charge < -0.3 is 9.88 Å². The number of hydrogen-bond acceptors (Lipinski definition) is 4. The second kappa shape index (κ2) is 5.71. The van der Waals surface area contributed by atoms with E-state index >= 15 is 0 Å². The molecule has 5 heteroatoms. The summed E-state index contributed by atoms with van der Waals surface area (Å²) in [6.45, 7) is 4.29. The Hall–Kier alpha value is -1.75. The highest BCUT2D eigenvalue weighted by atomic mass is 15.1. The number of imidazole rings is 1. The molecule has 2 aromatic rings. The van der Waals surface area contributed by atoms with E-state index in [0.717, 1.165) is 37.4 Å². The number of nitrogens with zero attached hydrogens (tertiary/aromatic N) is 4. The Morgan fingerprint density at radius 3 is 3.05 bits per heavy atom. The van der Waals surface area contributed by atoms with Crippen LogP contribution in [-0.4, -0.2) is 32.6 Å². The van der Waals surface area contributed by atoms with Crippen LogP contribution in [0.1, 0.15) is 24.6 Å². The average molecular weight is 271 g/mol. The Bertz CT molecular complexity index is 590. The van der Waals surface area contributed by atoms with Gasteiger partial charge in [-0.1, -0.05) is 6.92 Å². The monoisotopic (exact) mass is 271 g/mol. The minimum Gasteiger partial charge on any atom is -0.331 e. The van der Waals surface area contributed by atoms with Gasteiger partial charge in [0.1, 0.15) is 5.69 Å². The van der Waals surface area contributed by atoms with Gasteiger partial charge in [0, 0.05) is 18.9 Å². The van der Waals surface area contributed by atoms with E-state index in [9.17, 15) is 0 Å². The van der Waals surface area contributed by atoms with Crippen LogP contribution in [0.2, 0.25) is 0 Å². The molecule has 3 rings (SSSR count). The van der Waals surface area contributed by atoms with E-state index in [1.54, 1.807) is 6.33 Å². The van der Waals surface area contributed by atoms with Crippen molar-refractivity contribution in [2.45, 2.75) is 26.2 Å². The Labute approximate surface area is 119 Å². The Balaban J connectivity index is 1.80. The molecule has 0 radical (unpaired) electrons. The third kappa shape index (κ3) is 2.58. The summed E-state index contributed by atoms with van der Waals surface area (Å²) in [7, 11) is 1.97. The summed E-state index contributed by atoms with van der Waals surface area (Å²) in [6, 6.07) is 0. The predicted octanol–water partition coefficient (Wildman–Crippen LogP) is 1.59. The van der Waals surface area contributed by atoms with Gasteiger partial charge in [0.25, 0.3) is 0 Å². The molecule has 0 spiro atoms. The van der Waals surface area contributed by atoms with Crippen molar-refractivity contribution in [1.82, 2.24) is 24.8 Å². The fourth-order valence-corrected chi connectivity index (χ4v) is 2.80. The van der Waals surface area contributed by atoms with Crippen LogP contribution in [0.4, 0.5) is 0 Å². The molecule has 1 unspecified atom stereocenters. The number of rotatable bonds is 4. The quantitative estimate of drug-likeness (QED) is 0.917. The average Bonchev–Trinajstić information content (AvgIpc) is 2.90. The maximum absolute atomic E-state index is 4.74. The zero-order valence-corrected chi connectivity index (χ0v) is 12.1. The predicted molar refractivity (Wildman–Crippen MR) is 78.3 cm³/mol. The largest absolute Gasteiger partial charge is 0.331 e. The molecule has 1 aliphatic carbocycles. The molecule has 0 amide bonds. The van der Waals surface area contributed by atoms with E-state index in [1.165, 1.54) is 17.7 Å². The van der Waals surface area contributed by atoms with Crippen molar-refractivity contribution in [3.63, 3.8) is 0 Å². The molecule has 106 valence electrons. The Morgan fingerprint density at radius 2 is 2.30 bits per heavy atom. The van der Waals surface area contributed by atoms with Crippen molar-refractivity contribution in [3.05, 3.63) is 30.0 Å². The molecular formula is C15H21N5. The van der Waals surface area contributed by atoms with Crippen molar-refractivity contribution < 1.29 is 0 Å². The van der Waals surface area contributed by atoms with Crippen LogP contribution in [0.3, 0.4) is 0 Å². The first-order valence-electron chi connectivity index (χ1n) is 7.30. The number of hydrogen-bond donors (Lipinski definition) is 1. The summed E-state index contributed by atoms with van der Waals surface area (Å²) in [5.41, 5.74) is 3.50. The summed E-state index contributed by atoms with van der Waals surface area (Å²) in [6.07, 6.45) is 8.96. The van der Waals surface area contributed by atoms with Crippen LogP contribution in [0.25, 0.3) is 11.5 Å². The molecule has 20 heavy (non-hydrogen) atoms. The molecule has 0 bridgehead atoms. The number of fused-ring (bicyclic) bond motifs is 1. The van der Waals surface area contributed by atoms with Crippen molar-refractivity contribution in [2.75, 3.05) is 13.1 Å². The smallest absolute Gasteiger partial charge is 0.178 e. The van der Waals surface area contributed by atoms with E-state index in [2.05, 4.69) is 22.2 Å². The third-order valence-corrected chi connectivity index (χ3v) is 3.98. The number of aryl methyl sites for hydroxylation is 2. The van der Waals surface area contributed by atoms with E-state index in [0.29, 0.717) is 5.92 Å². The zero-order valence-electron chi connectivity index (χ0n) is 12.1. The van der Waals surface area contributed by atoms with E-state index < -0.39 is 0 Å². The molecule has 0 saturated heterocycles. The number of aromatic nitrogens is 4. The number of nitrogens with one attached hydrogen (secondary N) is 1. The van der Waals surface area contributed by atoms with Gasteiger partial charge in [0.15, 0.2) is 5.82 Å². The highest BCUT2D eigenvalue weighted by Crippen LogP contribution is 2.25. The third-order valence-electron chi connectivity index (χ3n) is 3.98. The maximum atomic E-state index is 4.74. The zero-order chi connectivity index (χ0) is 13.9. The molecular weight excluding hydrogens is 250 g/mol. The van der Waals surface area contributed by atoms with Crippen molar-refractivity contribution in [1.29, 1.82) is 0 Å². The fourth-order valence-electron chi connectivity index (χ4n) is 2.80. The van der Waals surface area contributed by atoms with E-state index in [4.69, 9.17) is 4.98 Å². The highest BCUT2D eigenvalue weighted by Gasteiger charge is 2.20. The van der Waals surface area contributed by atoms with Gasteiger partial charge in [0.2, 0.25) is 0 Å². The van der Waals surface area contributed by atoms with Gasteiger partial charge in [0.05, 0.1) is 12.5 Å². The van der Waals surface area contributed by atoms with Crippen LogP contribution in [0.5, 0.6) is 0 Å². The van der Waals surface area contributed by atoms with Crippen molar-refractivity contribution in [2.24, 2.45) is 13.0 Å². The Morgan fingerprint density at radius 1 is 1.40 bits per heavy atom. The van der Waals surface area contributed by atoms with Gasteiger partial charge in [-0.3, -0.25) is 0 Å². The van der Waals surface area contributed by atoms with Gasteiger partial charge in [-0.25, -0.2) is 15.0 Å². The maximum Gasteiger partial charge on any atom is 0.178 e. The second-order valence-electron chi connectivity index (χ2n) is 5.47. The standard InChI is InChI=1S/C15H21N5/c1-3-16-7-11-4-5-13-12(6-11)8-18-15(19-13)14-9-17-10-20(14)2/h8-11,16H,3-7H2,1-2H3. The molecule has 1 atom stereocenters.